The van der Waals surface area contributed by atoms with Gasteiger partial charge < -0.3 is 10.1 Å². The highest BCUT2D eigenvalue weighted by Gasteiger charge is 2.46. The first-order valence-corrected chi connectivity index (χ1v) is 10.7. The van der Waals surface area contributed by atoms with E-state index in [0.29, 0.717) is 23.9 Å². The van der Waals surface area contributed by atoms with Crippen molar-refractivity contribution in [2.45, 2.75) is 35.1 Å². The maximum Gasteiger partial charge on any atom is 0.252 e. The first kappa shape index (κ1) is 17.0. The molecule has 0 bridgehead atoms. The van der Waals surface area contributed by atoms with Gasteiger partial charge in [-0.1, -0.05) is 12.1 Å². The van der Waals surface area contributed by atoms with Crippen molar-refractivity contribution in [3.8, 4) is 0 Å². The molecule has 2 saturated heterocycles. The minimum Gasteiger partial charge on any atom is -0.371 e. The van der Waals surface area contributed by atoms with Crippen LogP contribution in [0.2, 0.25) is 0 Å². The van der Waals surface area contributed by atoms with Gasteiger partial charge in [0.25, 0.3) is 10.0 Å². The molecular weight excluding hydrogens is 358 g/mol. The number of aromatic nitrogens is 1. The fourth-order valence-electron chi connectivity index (χ4n) is 3.68. The van der Waals surface area contributed by atoms with Crippen molar-refractivity contribution in [3.05, 3.63) is 41.9 Å². The van der Waals surface area contributed by atoms with Gasteiger partial charge in [-0.3, -0.25) is 0 Å². The van der Waals surface area contributed by atoms with E-state index in [-0.39, 0.29) is 6.04 Å². The van der Waals surface area contributed by atoms with Gasteiger partial charge >= 0.3 is 0 Å². The van der Waals surface area contributed by atoms with Crippen LogP contribution in [0.5, 0.6) is 0 Å². The lowest BCUT2D eigenvalue weighted by molar-refractivity contribution is -0.0329. The number of ether oxygens (including phenoxy) is 1. The van der Waals surface area contributed by atoms with E-state index in [2.05, 4.69) is 10.3 Å². The van der Waals surface area contributed by atoms with Crippen LogP contribution in [0, 0.1) is 0 Å². The van der Waals surface area contributed by atoms with Gasteiger partial charge in [-0.2, -0.15) is 4.31 Å². The van der Waals surface area contributed by atoms with E-state index in [1.807, 2.05) is 18.2 Å². The van der Waals surface area contributed by atoms with Crippen molar-refractivity contribution in [2.75, 3.05) is 25.0 Å². The minimum atomic E-state index is -3.42. The van der Waals surface area contributed by atoms with Crippen LogP contribution in [-0.4, -0.2) is 49.0 Å². The van der Waals surface area contributed by atoms with Crippen LogP contribution < -0.4 is 5.32 Å². The van der Waals surface area contributed by atoms with Gasteiger partial charge in [-0.05, 0) is 36.4 Å². The van der Waals surface area contributed by atoms with Gasteiger partial charge in [0, 0.05) is 25.7 Å². The summed E-state index contributed by atoms with van der Waals surface area (Å²) in [6, 6.07) is 9.35. The van der Waals surface area contributed by atoms with Crippen LogP contribution in [0.4, 0.5) is 5.82 Å². The molecule has 25 heavy (non-hydrogen) atoms. The number of rotatable bonds is 4. The summed E-state index contributed by atoms with van der Waals surface area (Å²) >= 11 is 1.27. The third-order valence-electron chi connectivity index (χ3n) is 4.82. The number of piperidine rings is 1. The second-order valence-electron chi connectivity index (χ2n) is 6.63. The second-order valence-corrected chi connectivity index (χ2v) is 9.74. The Morgan fingerprint density at radius 2 is 2.24 bits per heavy atom. The molecule has 6 nitrogen and oxygen atoms in total. The molecule has 1 spiro atoms. The summed E-state index contributed by atoms with van der Waals surface area (Å²) in [5.41, 5.74) is -0.394. The molecular formula is C17H21N3O3S2. The smallest absolute Gasteiger partial charge is 0.252 e. The topological polar surface area (TPSA) is 71.5 Å². The van der Waals surface area contributed by atoms with E-state index in [4.69, 9.17) is 4.74 Å². The van der Waals surface area contributed by atoms with Gasteiger partial charge in [0.2, 0.25) is 0 Å². The summed E-state index contributed by atoms with van der Waals surface area (Å²) < 4.78 is 33.7. The Bertz CT molecular complexity index is 811. The van der Waals surface area contributed by atoms with Crippen molar-refractivity contribution in [3.63, 3.8) is 0 Å². The maximum atomic E-state index is 12.8. The predicted molar refractivity (Wildman–Crippen MR) is 97.3 cm³/mol. The first-order chi connectivity index (χ1) is 12.1. The van der Waals surface area contributed by atoms with Crippen molar-refractivity contribution in [2.24, 2.45) is 0 Å². The Morgan fingerprint density at radius 3 is 3.00 bits per heavy atom. The first-order valence-electron chi connectivity index (χ1n) is 8.43. The number of anilines is 1. The number of pyridine rings is 1. The highest BCUT2D eigenvalue weighted by atomic mass is 32.2. The van der Waals surface area contributed by atoms with E-state index < -0.39 is 15.6 Å². The SMILES string of the molecule is O=S(=O)(c1cccs1)N1CCC[C@]2(C[C@H](Nc3ccccn3)CO2)C1. The molecule has 2 aliphatic heterocycles. The molecule has 4 heterocycles. The molecule has 2 aromatic heterocycles. The number of nitrogens with one attached hydrogen (secondary N) is 1. The minimum absolute atomic E-state index is 0.152. The zero-order chi connectivity index (χ0) is 17.3. The normalized spacial score (nSPS) is 27.6. The highest BCUT2D eigenvalue weighted by Crippen LogP contribution is 2.37. The molecule has 0 amide bonds. The standard InChI is InChI=1S/C17H21N3O3S2/c21-25(22,16-6-3-10-24-16)20-9-4-7-17(13-20)11-14(12-23-17)19-15-5-1-2-8-18-15/h1-3,5-6,8,10,14H,4,7,9,11-13H2,(H,18,19)/t14-,17-/m0/s1. The lowest BCUT2D eigenvalue weighted by Gasteiger charge is -2.38. The highest BCUT2D eigenvalue weighted by molar-refractivity contribution is 7.91. The molecule has 0 radical (unpaired) electrons. The van der Waals surface area contributed by atoms with E-state index in [9.17, 15) is 8.42 Å². The summed E-state index contributed by atoms with van der Waals surface area (Å²) in [5.74, 6) is 0.826. The molecule has 1 N–H and O–H groups in total. The molecule has 4 rings (SSSR count). The number of thiophene rings is 1. The van der Waals surface area contributed by atoms with Crippen LogP contribution in [0.25, 0.3) is 0 Å². The van der Waals surface area contributed by atoms with Gasteiger partial charge in [0.05, 0.1) is 18.2 Å². The lowest BCUT2D eigenvalue weighted by atomic mass is 9.90. The third kappa shape index (κ3) is 3.44. The third-order valence-corrected chi connectivity index (χ3v) is 8.04. The van der Waals surface area contributed by atoms with Crippen LogP contribution in [-0.2, 0) is 14.8 Å². The fourth-order valence-corrected chi connectivity index (χ4v) is 6.38. The average Bonchev–Trinajstić information content (AvgIpc) is 3.27. The molecule has 0 saturated carbocycles. The summed E-state index contributed by atoms with van der Waals surface area (Å²) in [7, 11) is -3.42. The summed E-state index contributed by atoms with van der Waals surface area (Å²) in [4.78, 5) is 4.29. The molecule has 8 heteroatoms. The van der Waals surface area contributed by atoms with E-state index in [0.717, 1.165) is 25.1 Å². The van der Waals surface area contributed by atoms with Gasteiger partial charge in [0.1, 0.15) is 10.0 Å². The molecule has 2 aliphatic rings. The van der Waals surface area contributed by atoms with Crippen LogP contribution in [0.1, 0.15) is 19.3 Å². The monoisotopic (exact) mass is 379 g/mol. The predicted octanol–water partition coefficient (Wildman–Crippen LogP) is 2.57. The molecule has 2 fully saturated rings. The Hall–Kier alpha value is -1.48. The lowest BCUT2D eigenvalue weighted by Crippen LogP contribution is -2.50. The van der Waals surface area contributed by atoms with Crippen molar-refractivity contribution < 1.29 is 13.2 Å². The van der Waals surface area contributed by atoms with Crippen LogP contribution in [0.3, 0.4) is 0 Å². The quantitative estimate of drug-likeness (QED) is 0.884. The second kappa shape index (κ2) is 6.68. The Morgan fingerprint density at radius 1 is 1.32 bits per heavy atom. The number of hydrogen-bond acceptors (Lipinski definition) is 6. The summed E-state index contributed by atoms with van der Waals surface area (Å²) in [6.07, 6.45) is 4.26. The van der Waals surface area contributed by atoms with Crippen LogP contribution >= 0.6 is 11.3 Å². The number of sulfonamides is 1. The largest absolute Gasteiger partial charge is 0.371 e. The van der Waals surface area contributed by atoms with Crippen LogP contribution in [0.15, 0.2) is 46.1 Å². The summed E-state index contributed by atoms with van der Waals surface area (Å²) in [6.45, 7) is 1.56. The van der Waals surface area contributed by atoms with Gasteiger partial charge in [-0.15, -0.1) is 11.3 Å². The molecule has 0 unspecified atom stereocenters. The fraction of sp³-hybridized carbons (Fsp3) is 0.471. The zero-order valence-corrected chi connectivity index (χ0v) is 15.4. The van der Waals surface area contributed by atoms with E-state index in [1.54, 1.807) is 28.0 Å². The zero-order valence-electron chi connectivity index (χ0n) is 13.8. The molecule has 0 aromatic carbocycles. The molecule has 2 atom stereocenters. The molecule has 0 aliphatic carbocycles. The Kier molecular flexibility index (Phi) is 4.53. The van der Waals surface area contributed by atoms with E-state index in [1.165, 1.54) is 11.3 Å². The maximum absolute atomic E-state index is 12.8. The average molecular weight is 380 g/mol. The summed E-state index contributed by atoms with van der Waals surface area (Å²) in [5, 5.41) is 5.19. The van der Waals surface area contributed by atoms with Gasteiger partial charge in [0.15, 0.2) is 0 Å². The number of hydrogen-bond donors (Lipinski definition) is 1. The Balaban J connectivity index is 1.46. The van der Waals surface area contributed by atoms with Crippen molar-refractivity contribution in [1.82, 2.24) is 9.29 Å². The molecule has 2 aromatic rings. The van der Waals surface area contributed by atoms with Gasteiger partial charge in [-0.25, -0.2) is 13.4 Å². The molecule has 134 valence electrons. The van der Waals surface area contributed by atoms with Crippen molar-refractivity contribution >= 4 is 27.2 Å². The van der Waals surface area contributed by atoms with Crippen molar-refractivity contribution in [1.29, 1.82) is 0 Å². The number of nitrogens with zero attached hydrogens (tertiary/aromatic N) is 2. The van der Waals surface area contributed by atoms with E-state index >= 15 is 0 Å². The Labute approximate surface area is 151 Å².